The van der Waals surface area contributed by atoms with Crippen molar-refractivity contribution in [2.24, 2.45) is 0 Å². The van der Waals surface area contributed by atoms with Crippen molar-refractivity contribution in [3.8, 4) is 11.6 Å². The number of para-hydroxylation sites is 3. The van der Waals surface area contributed by atoms with Crippen LogP contribution in [0, 0.1) is 6.92 Å². The lowest BCUT2D eigenvalue weighted by Gasteiger charge is -2.12. The zero-order chi connectivity index (χ0) is 16.8. The van der Waals surface area contributed by atoms with Crippen LogP contribution in [0.15, 0.2) is 85.2 Å². The minimum absolute atomic E-state index is 0.909. The smallest absolute Gasteiger partial charge is 0.219 e. The van der Waals surface area contributed by atoms with Crippen molar-refractivity contribution in [2.75, 3.05) is 0 Å². The fraction of sp³-hybridized carbons (Fsp3) is 0.0455. The van der Waals surface area contributed by atoms with E-state index >= 15 is 0 Å². The lowest BCUT2D eigenvalue weighted by molar-refractivity contribution is 0.935. The Hall–Kier alpha value is -3.33. The maximum absolute atomic E-state index is 4.70. The first-order valence-corrected chi connectivity index (χ1v) is 8.42. The van der Waals surface area contributed by atoms with Crippen LogP contribution in [0.4, 0.5) is 0 Å². The number of benzene rings is 3. The van der Waals surface area contributed by atoms with E-state index in [1.165, 1.54) is 27.4 Å². The van der Waals surface area contributed by atoms with Gasteiger partial charge in [0.25, 0.3) is 0 Å². The first-order valence-electron chi connectivity index (χ1n) is 8.42. The Morgan fingerprint density at radius 2 is 1.52 bits per heavy atom. The van der Waals surface area contributed by atoms with E-state index in [0.717, 1.165) is 11.6 Å². The van der Waals surface area contributed by atoms with Gasteiger partial charge in [-0.1, -0.05) is 54.6 Å². The van der Waals surface area contributed by atoms with Gasteiger partial charge >= 0.3 is 0 Å². The Labute approximate surface area is 145 Å². The second-order valence-corrected chi connectivity index (χ2v) is 6.26. The summed E-state index contributed by atoms with van der Waals surface area (Å²) in [7, 11) is 0. The second kappa shape index (κ2) is 5.35. The molecule has 2 aromatic heterocycles. The van der Waals surface area contributed by atoms with Gasteiger partial charge < -0.3 is 0 Å². The minimum Gasteiger partial charge on any atom is -0.286 e. The van der Waals surface area contributed by atoms with Gasteiger partial charge in [0.15, 0.2) is 0 Å². The predicted octanol–water partition coefficient (Wildman–Crippen LogP) is 5.28. The van der Waals surface area contributed by atoms with Gasteiger partial charge in [0.05, 0.1) is 11.0 Å². The summed E-state index contributed by atoms with van der Waals surface area (Å²) in [6, 6.07) is 25.3. The van der Waals surface area contributed by atoms with Gasteiger partial charge in [0.2, 0.25) is 5.95 Å². The van der Waals surface area contributed by atoms with Crippen molar-refractivity contribution in [3.05, 3.63) is 90.8 Å². The number of aromatic nitrogens is 3. The molecule has 0 aliphatic rings. The van der Waals surface area contributed by atoms with Gasteiger partial charge in [0.1, 0.15) is 0 Å². The molecule has 3 nitrogen and oxygen atoms in total. The van der Waals surface area contributed by atoms with Crippen LogP contribution in [-0.4, -0.2) is 14.1 Å². The summed E-state index contributed by atoms with van der Waals surface area (Å²) in [6.07, 6.45) is 3.88. The van der Waals surface area contributed by atoms with Gasteiger partial charge in [-0.05, 0) is 30.7 Å². The number of imidazole rings is 1. The highest BCUT2D eigenvalue weighted by Gasteiger charge is 2.17. The normalized spacial score (nSPS) is 11.4. The van der Waals surface area contributed by atoms with E-state index in [2.05, 4.69) is 82.8 Å². The average molecular weight is 323 g/mol. The molecule has 0 aliphatic heterocycles. The molecule has 3 heteroatoms. The molecule has 0 radical (unpaired) electrons. The van der Waals surface area contributed by atoms with Crippen LogP contribution < -0.4 is 0 Å². The highest BCUT2D eigenvalue weighted by Crippen LogP contribution is 2.33. The van der Waals surface area contributed by atoms with Gasteiger partial charge in [-0.2, -0.15) is 0 Å². The van der Waals surface area contributed by atoms with Crippen molar-refractivity contribution in [2.45, 2.75) is 6.92 Å². The summed E-state index contributed by atoms with van der Waals surface area (Å²) in [4.78, 5) is 4.70. The van der Waals surface area contributed by atoms with E-state index in [1.807, 2.05) is 18.5 Å². The van der Waals surface area contributed by atoms with Gasteiger partial charge in [-0.25, -0.2) is 4.98 Å². The summed E-state index contributed by atoms with van der Waals surface area (Å²) < 4.78 is 4.41. The largest absolute Gasteiger partial charge is 0.286 e. The number of rotatable bonds is 2. The molecule has 0 saturated heterocycles. The zero-order valence-electron chi connectivity index (χ0n) is 13.9. The zero-order valence-corrected chi connectivity index (χ0v) is 13.9. The Balaban J connectivity index is 1.93. The monoisotopic (exact) mass is 323 g/mol. The van der Waals surface area contributed by atoms with Gasteiger partial charge in [0, 0.05) is 28.9 Å². The van der Waals surface area contributed by atoms with Crippen LogP contribution in [0.2, 0.25) is 0 Å². The molecule has 0 saturated carbocycles. The van der Waals surface area contributed by atoms with Gasteiger partial charge in [-0.15, -0.1) is 0 Å². The van der Waals surface area contributed by atoms with Crippen molar-refractivity contribution in [3.63, 3.8) is 0 Å². The number of hydrogen-bond acceptors (Lipinski definition) is 1. The molecule has 0 amide bonds. The van der Waals surface area contributed by atoms with Crippen LogP contribution in [-0.2, 0) is 0 Å². The Bertz CT molecular complexity index is 1200. The highest BCUT2D eigenvalue weighted by molar-refractivity contribution is 6.10. The van der Waals surface area contributed by atoms with E-state index in [9.17, 15) is 0 Å². The molecule has 0 N–H and O–H groups in total. The minimum atomic E-state index is 0.909. The molecule has 0 spiro atoms. The Kier molecular flexibility index (Phi) is 3.01. The third-order valence-electron chi connectivity index (χ3n) is 4.75. The van der Waals surface area contributed by atoms with Crippen molar-refractivity contribution < 1.29 is 0 Å². The molecule has 0 atom stereocenters. The lowest BCUT2D eigenvalue weighted by Crippen LogP contribution is -2.05. The van der Waals surface area contributed by atoms with Crippen LogP contribution in [0.5, 0.6) is 0 Å². The molecule has 2 heterocycles. The highest BCUT2D eigenvalue weighted by atomic mass is 15.2. The van der Waals surface area contributed by atoms with Crippen molar-refractivity contribution in [1.29, 1.82) is 0 Å². The molecule has 3 aromatic carbocycles. The third-order valence-corrected chi connectivity index (χ3v) is 4.75. The number of aryl methyl sites for hydroxylation is 1. The first-order chi connectivity index (χ1) is 12.3. The summed E-state index contributed by atoms with van der Waals surface area (Å²) in [6.45, 7) is 2.16. The van der Waals surface area contributed by atoms with Crippen LogP contribution in [0.25, 0.3) is 33.4 Å². The summed E-state index contributed by atoms with van der Waals surface area (Å²) in [5.74, 6) is 0.909. The van der Waals surface area contributed by atoms with E-state index in [1.54, 1.807) is 0 Å². The van der Waals surface area contributed by atoms with Crippen LogP contribution in [0.3, 0.4) is 0 Å². The first kappa shape index (κ1) is 14.1. The van der Waals surface area contributed by atoms with E-state index < -0.39 is 0 Å². The standard InChI is InChI=1S/C22H17N3/c1-16-8-7-12-19-18-11-5-6-13-20(18)25(21(16)19)22-23-14-15-24(22)17-9-3-2-4-10-17/h2-15H,1H3. The maximum Gasteiger partial charge on any atom is 0.219 e. The van der Waals surface area contributed by atoms with Crippen LogP contribution in [0.1, 0.15) is 5.56 Å². The van der Waals surface area contributed by atoms with Gasteiger partial charge in [-0.3, -0.25) is 9.13 Å². The lowest BCUT2D eigenvalue weighted by atomic mass is 10.1. The fourth-order valence-corrected chi connectivity index (χ4v) is 3.65. The Morgan fingerprint density at radius 3 is 2.40 bits per heavy atom. The molecule has 0 aliphatic carbocycles. The van der Waals surface area contributed by atoms with E-state index in [4.69, 9.17) is 4.98 Å². The van der Waals surface area contributed by atoms with E-state index in [-0.39, 0.29) is 0 Å². The quantitative estimate of drug-likeness (QED) is 0.433. The molecule has 25 heavy (non-hydrogen) atoms. The van der Waals surface area contributed by atoms with E-state index in [0.29, 0.717) is 0 Å². The third kappa shape index (κ3) is 2.02. The molecule has 5 aromatic rings. The fourth-order valence-electron chi connectivity index (χ4n) is 3.65. The summed E-state index contributed by atoms with van der Waals surface area (Å²) in [5, 5.41) is 2.52. The number of nitrogens with zero attached hydrogens (tertiary/aromatic N) is 3. The number of fused-ring (bicyclic) bond motifs is 3. The molecule has 0 unspecified atom stereocenters. The molecule has 5 rings (SSSR count). The topological polar surface area (TPSA) is 22.8 Å². The second-order valence-electron chi connectivity index (χ2n) is 6.26. The molecule has 0 fully saturated rings. The molecular weight excluding hydrogens is 306 g/mol. The van der Waals surface area contributed by atoms with Crippen LogP contribution >= 0.6 is 0 Å². The molecule has 120 valence electrons. The summed E-state index contributed by atoms with van der Waals surface area (Å²) >= 11 is 0. The number of hydrogen-bond donors (Lipinski definition) is 0. The SMILES string of the molecule is Cc1cccc2c3ccccc3n(-c3nccn3-c3ccccc3)c12. The predicted molar refractivity (Wildman–Crippen MR) is 103 cm³/mol. The van der Waals surface area contributed by atoms with Crippen molar-refractivity contribution in [1.82, 2.24) is 14.1 Å². The molecular formula is C22H17N3. The average Bonchev–Trinajstić information content (AvgIpc) is 3.26. The Morgan fingerprint density at radius 1 is 0.760 bits per heavy atom. The molecule has 0 bridgehead atoms. The maximum atomic E-state index is 4.70. The summed E-state index contributed by atoms with van der Waals surface area (Å²) in [5.41, 5.74) is 4.74. The van der Waals surface area contributed by atoms with Crippen molar-refractivity contribution >= 4 is 21.8 Å².